The van der Waals surface area contributed by atoms with E-state index >= 15 is 0 Å². The second-order valence-electron chi connectivity index (χ2n) is 5.01. The summed E-state index contributed by atoms with van der Waals surface area (Å²) in [5.74, 6) is -0.306. The van der Waals surface area contributed by atoms with Gasteiger partial charge in [-0.2, -0.15) is 0 Å². The van der Waals surface area contributed by atoms with Crippen molar-refractivity contribution in [1.82, 2.24) is 5.32 Å². The fraction of sp³-hybridized carbons (Fsp3) is 0.533. The number of carbonyl (C=O) groups is 1. The average Bonchev–Trinajstić information content (AvgIpc) is 2.46. The minimum atomic E-state index is -1.03. The quantitative estimate of drug-likeness (QED) is 0.791. The fourth-order valence-electron chi connectivity index (χ4n) is 2.10. The van der Waals surface area contributed by atoms with Gasteiger partial charge in [-0.3, -0.25) is 4.79 Å². The lowest BCUT2D eigenvalue weighted by Gasteiger charge is -2.35. The molecule has 1 fully saturated rings. The van der Waals surface area contributed by atoms with E-state index < -0.39 is 12.5 Å². The normalized spacial score (nSPS) is 27.1. The van der Waals surface area contributed by atoms with E-state index in [1.54, 1.807) is 0 Å². The smallest absolute Gasteiger partial charge is 0.218 e. The molecule has 1 amide bonds. The minimum Gasteiger partial charge on any atom is -0.371 e. The van der Waals surface area contributed by atoms with Crippen molar-refractivity contribution in [2.24, 2.45) is 0 Å². The van der Waals surface area contributed by atoms with Gasteiger partial charge in [0.2, 0.25) is 5.91 Å². The molecule has 4 atom stereocenters. The van der Waals surface area contributed by atoms with E-state index in [1.807, 2.05) is 37.3 Å². The molecule has 6 nitrogen and oxygen atoms in total. The SMILES string of the molecule is CC(=O)NC(O)COC1COC(c2ccccc2)OC1C. The highest BCUT2D eigenvalue weighted by molar-refractivity contribution is 5.72. The topological polar surface area (TPSA) is 77.0 Å². The van der Waals surface area contributed by atoms with E-state index in [9.17, 15) is 9.90 Å². The van der Waals surface area contributed by atoms with Gasteiger partial charge in [0.1, 0.15) is 12.3 Å². The molecule has 0 aliphatic carbocycles. The predicted octanol–water partition coefficient (Wildman–Crippen LogP) is 0.960. The molecular formula is C15H21NO5. The van der Waals surface area contributed by atoms with Crippen LogP contribution in [0, 0.1) is 0 Å². The van der Waals surface area contributed by atoms with E-state index in [1.165, 1.54) is 6.92 Å². The van der Waals surface area contributed by atoms with Crippen LogP contribution in [0.25, 0.3) is 0 Å². The average molecular weight is 295 g/mol. The van der Waals surface area contributed by atoms with Crippen LogP contribution in [0.3, 0.4) is 0 Å². The van der Waals surface area contributed by atoms with Crippen molar-refractivity contribution < 1.29 is 24.1 Å². The summed E-state index contributed by atoms with van der Waals surface area (Å²) in [6.45, 7) is 3.60. The Morgan fingerprint density at radius 2 is 2.19 bits per heavy atom. The van der Waals surface area contributed by atoms with Crippen LogP contribution in [-0.2, 0) is 19.0 Å². The van der Waals surface area contributed by atoms with Crippen molar-refractivity contribution in [2.45, 2.75) is 38.6 Å². The number of ether oxygens (including phenoxy) is 3. The second-order valence-corrected chi connectivity index (χ2v) is 5.01. The Labute approximate surface area is 124 Å². The number of benzene rings is 1. The molecule has 2 rings (SSSR count). The van der Waals surface area contributed by atoms with Crippen molar-refractivity contribution in [3.63, 3.8) is 0 Å². The Morgan fingerprint density at radius 1 is 1.48 bits per heavy atom. The monoisotopic (exact) mass is 295 g/mol. The van der Waals surface area contributed by atoms with E-state index in [0.717, 1.165) is 5.56 Å². The Bertz CT molecular complexity index is 453. The van der Waals surface area contributed by atoms with E-state index in [-0.39, 0.29) is 24.7 Å². The fourth-order valence-corrected chi connectivity index (χ4v) is 2.10. The van der Waals surface area contributed by atoms with Gasteiger partial charge in [0.25, 0.3) is 0 Å². The van der Waals surface area contributed by atoms with Gasteiger partial charge in [0.05, 0.1) is 19.3 Å². The van der Waals surface area contributed by atoms with Gasteiger partial charge in [0.15, 0.2) is 6.29 Å². The van der Waals surface area contributed by atoms with E-state index in [2.05, 4.69) is 5.32 Å². The standard InChI is InChI=1S/C15H21NO5/c1-10-13(19-9-14(18)16-11(2)17)8-20-15(21-10)12-6-4-3-5-7-12/h3-7,10,13-15,18H,8-9H2,1-2H3,(H,16,17). The van der Waals surface area contributed by atoms with Crippen LogP contribution in [0.5, 0.6) is 0 Å². The molecule has 1 aromatic rings. The third-order valence-corrected chi connectivity index (χ3v) is 3.18. The molecule has 6 heteroatoms. The van der Waals surface area contributed by atoms with Crippen LogP contribution < -0.4 is 5.32 Å². The zero-order chi connectivity index (χ0) is 15.2. The number of aliphatic hydroxyl groups is 1. The van der Waals surface area contributed by atoms with Gasteiger partial charge >= 0.3 is 0 Å². The Hall–Kier alpha value is -1.47. The first-order valence-electron chi connectivity index (χ1n) is 6.95. The maximum Gasteiger partial charge on any atom is 0.218 e. The molecule has 116 valence electrons. The predicted molar refractivity (Wildman–Crippen MR) is 75.2 cm³/mol. The molecule has 1 heterocycles. The molecule has 1 aliphatic rings. The third kappa shape index (κ3) is 4.78. The third-order valence-electron chi connectivity index (χ3n) is 3.18. The summed E-state index contributed by atoms with van der Waals surface area (Å²) in [6, 6.07) is 9.68. The second kappa shape index (κ2) is 7.51. The minimum absolute atomic E-state index is 0.00267. The molecule has 4 unspecified atom stereocenters. The van der Waals surface area contributed by atoms with Crippen LogP contribution in [0.4, 0.5) is 0 Å². The Kier molecular flexibility index (Phi) is 5.69. The summed E-state index contributed by atoms with van der Waals surface area (Å²) < 4.78 is 17.0. The summed E-state index contributed by atoms with van der Waals surface area (Å²) >= 11 is 0. The summed E-state index contributed by atoms with van der Waals surface area (Å²) in [6.07, 6.45) is -1.88. The Balaban J connectivity index is 1.80. The number of rotatable bonds is 5. The number of carbonyl (C=O) groups excluding carboxylic acids is 1. The number of aliphatic hydroxyl groups excluding tert-OH is 1. The highest BCUT2D eigenvalue weighted by Gasteiger charge is 2.30. The first-order chi connectivity index (χ1) is 10.1. The van der Waals surface area contributed by atoms with E-state index in [0.29, 0.717) is 6.61 Å². The molecule has 1 aliphatic heterocycles. The van der Waals surface area contributed by atoms with Crippen molar-refractivity contribution >= 4 is 5.91 Å². The molecule has 0 aromatic heterocycles. The molecule has 0 radical (unpaired) electrons. The lowest BCUT2D eigenvalue weighted by molar-refractivity contribution is -0.263. The lowest BCUT2D eigenvalue weighted by Crippen LogP contribution is -2.44. The van der Waals surface area contributed by atoms with Gasteiger partial charge in [-0.1, -0.05) is 30.3 Å². The van der Waals surface area contributed by atoms with Crippen molar-refractivity contribution in [3.05, 3.63) is 35.9 Å². The van der Waals surface area contributed by atoms with Crippen LogP contribution in [0.1, 0.15) is 25.7 Å². The number of amides is 1. The van der Waals surface area contributed by atoms with Gasteiger partial charge in [0, 0.05) is 12.5 Å². The molecule has 2 N–H and O–H groups in total. The largest absolute Gasteiger partial charge is 0.371 e. The molecule has 0 saturated carbocycles. The molecule has 0 bridgehead atoms. The maximum atomic E-state index is 10.8. The van der Waals surface area contributed by atoms with Gasteiger partial charge in [-0.15, -0.1) is 0 Å². The zero-order valence-electron chi connectivity index (χ0n) is 12.2. The number of nitrogens with one attached hydrogen (secondary N) is 1. The molecule has 0 spiro atoms. The molecule has 1 saturated heterocycles. The van der Waals surface area contributed by atoms with Crippen molar-refractivity contribution in [3.8, 4) is 0 Å². The number of hydrogen-bond donors (Lipinski definition) is 2. The van der Waals surface area contributed by atoms with Gasteiger partial charge in [-0.05, 0) is 6.92 Å². The highest BCUT2D eigenvalue weighted by atomic mass is 16.7. The summed E-state index contributed by atoms with van der Waals surface area (Å²) in [5.41, 5.74) is 0.959. The van der Waals surface area contributed by atoms with Crippen LogP contribution in [0.2, 0.25) is 0 Å². The summed E-state index contributed by atoms with van der Waals surface area (Å²) in [7, 11) is 0. The molecule has 1 aromatic carbocycles. The first-order valence-corrected chi connectivity index (χ1v) is 6.95. The van der Waals surface area contributed by atoms with Crippen LogP contribution in [0.15, 0.2) is 30.3 Å². The van der Waals surface area contributed by atoms with E-state index in [4.69, 9.17) is 14.2 Å². The Morgan fingerprint density at radius 3 is 2.81 bits per heavy atom. The number of hydrogen-bond acceptors (Lipinski definition) is 5. The summed E-state index contributed by atoms with van der Waals surface area (Å²) in [5, 5.41) is 11.9. The van der Waals surface area contributed by atoms with Crippen LogP contribution in [-0.4, -0.2) is 42.7 Å². The lowest BCUT2D eigenvalue weighted by atomic mass is 10.1. The van der Waals surface area contributed by atoms with Gasteiger partial charge in [-0.25, -0.2) is 0 Å². The molecule has 21 heavy (non-hydrogen) atoms. The maximum absolute atomic E-state index is 10.8. The first kappa shape index (κ1) is 15.9. The van der Waals surface area contributed by atoms with Crippen LogP contribution >= 0.6 is 0 Å². The molecular weight excluding hydrogens is 274 g/mol. The van der Waals surface area contributed by atoms with Gasteiger partial charge < -0.3 is 24.6 Å². The van der Waals surface area contributed by atoms with Crippen molar-refractivity contribution in [1.29, 1.82) is 0 Å². The highest BCUT2D eigenvalue weighted by Crippen LogP contribution is 2.27. The van der Waals surface area contributed by atoms with Crippen molar-refractivity contribution in [2.75, 3.05) is 13.2 Å². The summed E-state index contributed by atoms with van der Waals surface area (Å²) in [4.78, 5) is 10.8. The zero-order valence-corrected chi connectivity index (χ0v) is 12.2.